The summed E-state index contributed by atoms with van der Waals surface area (Å²) in [4.78, 5) is 28.0. The fourth-order valence-electron chi connectivity index (χ4n) is 1.89. The first kappa shape index (κ1) is 14.6. The topological polar surface area (TPSA) is 65.1 Å². The van der Waals surface area contributed by atoms with Crippen LogP contribution in [0.5, 0.6) is 0 Å². The Morgan fingerprint density at radius 2 is 1.41 bits per heavy atom. The van der Waals surface area contributed by atoms with Gasteiger partial charge in [0.05, 0.1) is 5.69 Å². The molecule has 0 saturated carbocycles. The van der Waals surface area contributed by atoms with Gasteiger partial charge >= 0.3 is 11.4 Å². The van der Waals surface area contributed by atoms with Crippen molar-refractivity contribution in [2.75, 3.05) is 0 Å². The smallest absolute Gasteiger partial charge is 0.390 e. The molecule has 0 aliphatic rings. The third-order valence-corrected chi connectivity index (χ3v) is 3.43. The van der Waals surface area contributed by atoms with Crippen LogP contribution in [0.25, 0.3) is 17.1 Å². The molecule has 3 aromatic rings. The van der Waals surface area contributed by atoms with Gasteiger partial charge in [-0.1, -0.05) is 23.2 Å². The van der Waals surface area contributed by atoms with E-state index < -0.39 is 11.4 Å². The second kappa shape index (κ2) is 5.79. The van der Waals surface area contributed by atoms with Gasteiger partial charge in [0, 0.05) is 15.6 Å². The molecule has 0 bridgehead atoms. The fourth-order valence-corrected chi connectivity index (χ4v) is 2.14. The first-order chi connectivity index (χ1) is 10.5. The van der Waals surface area contributed by atoms with E-state index in [0.717, 1.165) is 4.57 Å². The van der Waals surface area contributed by atoms with Gasteiger partial charge < -0.3 is 4.42 Å². The van der Waals surface area contributed by atoms with Crippen molar-refractivity contribution in [2.24, 2.45) is 0 Å². The Morgan fingerprint density at radius 3 is 1.95 bits per heavy atom. The zero-order valence-electron chi connectivity index (χ0n) is 11.0. The average molecular weight is 335 g/mol. The lowest BCUT2D eigenvalue weighted by Gasteiger charge is -2.04. The molecule has 0 aliphatic carbocycles. The molecule has 0 N–H and O–H groups in total. The van der Waals surface area contributed by atoms with Crippen LogP contribution in [-0.4, -0.2) is 9.55 Å². The fraction of sp³-hybridized carbons (Fsp3) is 0. The Labute approximate surface area is 134 Å². The number of hydrogen-bond acceptors (Lipinski definition) is 4. The van der Waals surface area contributed by atoms with Crippen LogP contribution in [0.15, 0.2) is 62.5 Å². The van der Waals surface area contributed by atoms with Crippen LogP contribution < -0.4 is 11.4 Å². The number of nitrogens with zero attached hydrogens (tertiary/aromatic N) is 2. The van der Waals surface area contributed by atoms with Crippen molar-refractivity contribution in [3.05, 3.63) is 79.6 Å². The van der Waals surface area contributed by atoms with E-state index >= 15 is 0 Å². The highest BCUT2D eigenvalue weighted by Crippen LogP contribution is 2.18. The van der Waals surface area contributed by atoms with E-state index in [1.807, 2.05) is 0 Å². The molecule has 7 heteroatoms. The van der Waals surface area contributed by atoms with Crippen LogP contribution >= 0.6 is 23.2 Å². The first-order valence-corrected chi connectivity index (χ1v) is 6.96. The van der Waals surface area contributed by atoms with Gasteiger partial charge in [0.1, 0.15) is 0 Å². The summed E-state index contributed by atoms with van der Waals surface area (Å²) in [5, 5.41) is 1.02. The molecule has 0 radical (unpaired) electrons. The summed E-state index contributed by atoms with van der Waals surface area (Å²) in [6.07, 6.45) is 0. The minimum Gasteiger partial charge on any atom is -0.390 e. The van der Waals surface area contributed by atoms with E-state index in [4.69, 9.17) is 27.6 Å². The summed E-state index contributed by atoms with van der Waals surface area (Å²) in [5.41, 5.74) is 0.0867. The molecule has 2 aromatic carbocycles. The number of aromatic nitrogens is 2. The molecule has 0 aliphatic heterocycles. The predicted octanol–water partition coefficient (Wildman–Crippen LogP) is 3.16. The molecule has 22 heavy (non-hydrogen) atoms. The first-order valence-electron chi connectivity index (χ1n) is 6.21. The molecule has 0 fully saturated rings. The molecule has 0 unspecified atom stereocenters. The summed E-state index contributed by atoms with van der Waals surface area (Å²) in [6, 6.07) is 12.6. The Hall–Kier alpha value is -2.37. The maximum Gasteiger partial charge on any atom is 0.429 e. The molecular formula is C15H8Cl2N2O3. The van der Waals surface area contributed by atoms with E-state index in [2.05, 4.69) is 4.98 Å². The lowest BCUT2D eigenvalue weighted by Crippen LogP contribution is -2.33. The van der Waals surface area contributed by atoms with Crippen LogP contribution in [0.3, 0.4) is 0 Å². The number of benzene rings is 2. The minimum atomic E-state index is -0.827. The molecular weight excluding hydrogens is 327 g/mol. The van der Waals surface area contributed by atoms with Crippen molar-refractivity contribution in [3.63, 3.8) is 0 Å². The minimum absolute atomic E-state index is 0.0584. The van der Waals surface area contributed by atoms with E-state index in [1.165, 1.54) is 12.1 Å². The Balaban J connectivity index is 2.13. The molecule has 0 atom stereocenters. The molecule has 1 heterocycles. The zero-order valence-corrected chi connectivity index (χ0v) is 12.5. The zero-order chi connectivity index (χ0) is 15.7. The molecule has 0 saturated heterocycles. The monoisotopic (exact) mass is 334 g/mol. The Morgan fingerprint density at radius 1 is 0.864 bits per heavy atom. The third kappa shape index (κ3) is 2.81. The largest absolute Gasteiger partial charge is 0.429 e. The van der Waals surface area contributed by atoms with Crippen molar-refractivity contribution < 1.29 is 4.42 Å². The van der Waals surface area contributed by atoms with Gasteiger partial charge in [0.15, 0.2) is 0 Å². The maximum absolute atomic E-state index is 12.1. The van der Waals surface area contributed by atoms with Crippen LogP contribution in [0.4, 0.5) is 0 Å². The van der Waals surface area contributed by atoms with Gasteiger partial charge in [-0.15, -0.1) is 0 Å². The quantitative estimate of drug-likeness (QED) is 0.722. The third-order valence-electron chi connectivity index (χ3n) is 2.93. The van der Waals surface area contributed by atoms with Crippen LogP contribution in [0.2, 0.25) is 10.0 Å². The van der Waals surface area contributed by atoms with Gasteiger partial charge in [-0.25, -0.2) is 9.59 Å². The second-order valence-electron chi connectivity index (χ2n) is 4.39. The maximum atomic E-state index is 12.1. The molecule has 3 rings (SSSR count). The van der Waals surface area contributed by atoms with E-state index in [1.54, 1.807) is 36.4 Å². The van der Waals surface area contributed by atoms with Gasteiger partial charge in [-0.05, 0) is 48.5 Å². The number of hydrogen-bond donors (Lipinski definition) is 0. The van der Waals surface area contributed by atoms with E-state index in [9.17, 15) is 9.59 Å². The standard InChI is InChI=1S/C15H8Cl2N2O3/c16-10-3-1-9(2-4-10)13-18-14(20)19(15(21)22-13)12-7-5-11(17)6-8-12/h1-8H. The van der Waals surface area contributed by atoms with Crippen molar-refractivity contribution in [3.8, 4) is 17.1 Å². The summed E-state index contributed by atoms with van der Waals surface area (Å²) < 4.78 is 5.95. The lowest BCUT2D eigenvalue weighted by molar-refractivity contribution is 0.448. The van der Waals surface area contributed by atoms with E-state index in [0.29, 0.717) is 21.3 Å². The number of halogens is 2. The van der Waals surface area contributed by atoms with Crippen LogP contribution in [0.1, 0.15) is 0 Å². The number of rotatable bonds is 2. The average Bonchev–Trinajstić information content (AvgIpc) is 2.49. The highest BCUT2D eigenvalue weighted by molar-refractivity contribution is 6.30. The summed E-state index contributed by atoms with van der Waals surface area (Å²) >= 11 is 11.6. The summed E-state index contributed by atoms with van der Waals surface area (Å²) in [5.74, 6) is -0.885. The van der Waals surface area contributed by atoms with Gasteiger partial charge in [0.25, 0.3) is 0 Å². The highest BCUT2D eigenvalue weighted by Gasteiger charge is 2.12. The van der Waals surface area contributed by atoms with E-state index in [-0.39, 0.29) is 5.89 Å². The summed E-state index contributed by atoms with van der Waals surface area (Å²) in [6.45, 7) is 0. The highest BCUT2D eigenvalue weighted by atomic mass is 35.5. The van der Waals surface area contributed by atoms with Crippen molar-refractivity contribution >= 4 is 23.2 Å². The SMILES string of the molecule is O=c1nc(-c2ccc(Cl)cc2)oc(=O)n1-c1ccc(Cl)cc1. The molecule has 1 aromatic heterocycles. The normalized spacial score (nSPS) is 10.6. The molecule has 0 spiro atoms. The van der Waals surface area contributed by atoms with Gasteiger partial charge in [-0.3, -0.25) is 0 Å². The Bertz CT molecular complexity index is 897. The van der Waals surface area contributed by atoms with Gasteiger partial charge in [0.2, 0.25) is 5.89 Å². The molecule has 5 nitrogen and oxygen atoms in total. The Kier molecular flexibility index (Phi) is 3.83. The van der Waals surface area contributed by atoms with Crippen molar-refractivity contribution in [1.29, 1.82) is 0 Å². The van der Waals surface area contributed by atoms with Crippen LogP contribution in [-0.2, 0) is 0 Å². The van der Waals surface area contributed by atoms with Crippen molar-refractivity contribution in [2.45, 2.75) is 0 Å². The molecule has 0 amide bonds. The lowest BCUT2D eigenvalue weighted by atomic mass is 10.2. The summed E-state index contributed by atoms with van der Waals surface area (Å²) in [7, 11) is 0. The predicted molar refractivity (Wildman–Crippen MR) is 83.8 cm³/mol. The van der Waals surface area contributed by atoms with Crippen molar-refractivity contribution in [1.82, 2.24) is 9.55 Å². The second-order valence-corrected chi connectivity index (χ2v) is 5.26. The van der Waals surface area contributed by atoms with Gasteiger partial charge in [-0.2, -0.15) is 9.55 Å². The molecule has 110 valence electrons. The van der Waals surface area contributed by atoms with Crippen LogP contribution in [0, 0.1) is 0 Å².